The fourth-order valence-electron chi connectivity index (χ4n) is 1.06. The molecule has 1 heterocycles. The Bertz CT molecular complexity index is 192. The molecule has 0 radical (unpaired) electrons. The molecule has 0 amide bonds. The summed E-state index contributed by atoms with van der Waals surface area (Å²) in [5.74, 6) is 1.58. The van der Waals surface area contributed by atoms with Gasteiger partial charge in [-0.2, -0.15) is 0 Å². The highest BCUT2D eigenvalue weighted by molar-refractivity contribution is 5.85. The molecule has 0 unspecified atom stereocenters. The minimum Gasteiger partial charge on any atom is -0.362 e. The lowest BCUT2D eigenvalue weighted by molar-refractivity contribution is 0.221. The van der Waals surface area contributed by atoms with Gasteiger partial charge in [0.1, 0.15) is 5.76 Å². The summed E-state index contributed by atoms with van der Waals surface area (Å²) in [7, 11) is 0. The third-order valence-electron chi connectivity index (χ3n) is 1.59. The first-order chi connectivity index (χ1) is 5.18. The van der Waals surface area contributed by atoms with E-state index < -0.39 is 0 Å². The van der Waals surface area contributed by atoms with E-state index in [2.05, 4.69) is 25.1 Å². The molecule has 0 aromatic carbocycles. The quantitative estimate of drug-likeness (QED) is 0.597. The molecule has 0 saturated carbocycles. The van der Waals surface area contributed by atoms with Gasteiger partial charge in [-0.3, -0.25) is 0 Å². The van der Waals surface area contributed by atoms with Crippen LogP contribution < -0.4 is 0 Å². The van der Waals surface area contributed by atoms with Gasteiger partial charge >= 0.3 is 0 Å². The number of allylic oxidation sites excluding steroid dienone is 2. The molecule has 2 nitrogen and oxygen atoms in total. The van der Waals surface area contributed by atoms with Crippen molar-refractivity contribution < 1.29 is 4.84 Å². The van der Waals surface area contributed by atoms with Crippen LogP contribution in [0.1, 0.15) is 33.6 Å². The maximum atomic E-state index is 5.04. The Morgan fingerprint density at radius 2 is 2.36 bits per heavy atom. The first-order valence-electron chi connectivity index (χ1n) is 4.08. The average Bonchev–Trinajstić information content (AvgIpc) is 1.93. The van der Waals surface area contributed by atoms with E-state index in [1.807, 2.05) is 6.92 Å². The van der Waals surface area contributed by atoms with Crippen molar-refractivity contribution in [3.05, 3.63) is 11.8 Å². The summed E-state index contributed by atoms with van der Waals surface area (Å²) < 4.78 is 0. The lowest BCUT2D eigenvalue weighted by Gasteiger charge is -2.11. The molecule has 0 aliphatic carbocycles. The van der Waals surface area contributed by atoms with Gasteiger partial charge in [0.25, 0.3) is 0 Å². The molecule has 0 saturated heterocycles. The largest absolute Gasteiger partial charge is 0.362 e. The molecule has 0 fully saturated rings. The lowest BCUT2D eigenvalue weighted by atomic mass is 10.0. The van der Waals surface area contributed by atoms with Gasteiger partial charge in [0.2, 0.25) is 0 Å². The van der Waals surface area contributed by atoms with Gasteiger partial charge in [0, 0.05) is 6.42 Å². The monoisotopic (exact) mass is 153 g/mol. The summed E-state index contributed by atoms with van der Waals surface area (Å²) in [6.45, 7) is 6.30. The van der Waals surface area contributed by atoms with Crippen LogP contribution in [0.3, 0.4) is 0 Å². The zero-order valence-corrected chi connectivity index (χ0v) is 7.42. The molecule has 0 aromatic heterocycles. The van der Waals surface area contributed by atoms with Crippen LogP contribution in [0, 0.1) is 5.92 Å². The second kappa shape index (κ2) is 3.56. The summed E-state index contributed by atoms with van der Waals surface area (Å²) in [4.78, 5) is 5.04. The van der Waals surface area contributed by atoms with Crippen LogP contribution in [0.4, 0.5) is 0 Å². The third-order valence-corrected chi connectivity index (χ3v) is 1.59. The van der Waals surface area contributed by atoms with Crippen molar-refractivity contribution in [1.82, 2.24) is 0 Å². The van der Waals surface area contributed by atoms with Crippen LogP contribution >= 0.6 is 0 Å². The van der Waals surface area contributed by atoms with Crippen molar-refractivity contribution in [2.45, 2.75) is 33.6 Å². The maximum absolute atomic E-state index is 5.04. The van der Waals surface area contributed by atoms with Gasteiger partial charge in [-0.05, 0) is 25.3 Å². The highest BCUT2D eigenvalue weighted by atomic mass is 16.6. The molecule has 0 atom stereocenters. The van der Waals surface area contributed by atoms with E-state index in [0.29, 0.717) is 5.92 Å². The van der Waals surface area contributed by atoms with E-state index in [9.17, 15) is 0 Å². The standard InChI is InChI=1S/C9H15NO/c1-7(2)6-9-5-4-8(3)11-10-9/h4,7H,5-6H2,1-3H3. The van der Waals surface area contributed by atoms with Gasteiger partial charge in [-0.25, -0.2) is 0 Å². The molecular formula is C9H15NO. The molecule has 1 rings (SSSR count). The minimum atomic E-state index is 0.671. The van der Waals surface area contributed by atoms with Crippen LogP contribution in [-0.4, -0.2) is 5.71 Å². The predicted octanol–water partition coefficient (Wildman–Crippen LogP) is 2.71. The van der Waals surface area contributed by atoms with Crippen molar-refractivity contribution in [3.8, 4) is 0 Å². The smallest absolute Gasteiger partial charge is 0.128 e. The first-order valence-corrected chi connectivity index (χ1v) is 4.08. The SMILES string of the molecule is CC1=CCC(CC(C)C)=NO1. The summed E-state index contributed by atoms with van der Waals surface area (Å²) in [5, 5.41) is 4.00. The molecule has 1 aliphatic heterocycles. The number of nitrogens with zero attached hydrogens (tertiary/aromatic N) is 1. The first kappa shape index (κ1) is 8.31. The Hall–Kier alpha value is -0.790. The van der Waals surface area contributed by atoms with Crippen LogP contribution in [0.25, 0.3) is 0 Å². The van der Waals surface area contributed by atoms with Crippen molar-refractivity contribution >= 4 is 5.71 Å². The topological polar surface area (TPSA) is 21.6 Å². The Kier molecular flexibility index (Phi) is 2.69. The molecule has 0 N–H and O–H groups in total. The van der Waals surface area contributed by atoms with Crippen molar-refractivity contribution in [1.29, 1.82) is 0 Å². The number of hydrogen-bond acceptors (Lipinski definition) is 2. The Balaban J connectivity index is 2.39. The fraction of sp³-hybridized carbons (Fsp3) is 0.667. The Morgan fingerprint density at radius 3 is 2.82 bits per heavy atom. The summed E-state index contributed by atoms with van der Waals surface area (Å²) in [6, 6.07) is 0. The number of hydrogen-bond donors (Lipinski definition) is 0. The maximum Gasteiger partial charge on any atom is 0.128 e. The van der Waals surface area contributed by atoms with Crippen molar-refractivity contribution in [2.24, 2.45) is 11.1 Å². The number of rotatable bonds is 2. The molecular weight excluding hydrogens is 138 g/mol. The van der Waals surface area contributed by atoms with Crippen molar-refractivity contribution in [2.75, 3.05) is 0 Å². The lowest BCUT2D eigenvalue weighted by Crippen LogP contribution is -2.06. The van der Waals surface area contributed by atoms with Crippen LogP contribution in [0.5, 0.6) is 0 Å². The zero-order valence-electron chi connectivity index (χ0n) is 7.42. The van der Waals surface area contributed by atoms with Crippen LogP contribution in [0.2, 0.25) is 0 Å². The summed E-state index contributed by atoms with van der Waals surface area (Å²) in [5.41, 5.74) is 1.16. The van der Waals surface area contributed by atoms with Crippen LogP contribution in [0.15, 0.2) is 17.0 Å². The van der Waals surface area contributed by atoms with E-state index in [1.54, 1.807) is 0 Å². The second-order valence-electron chi connectivity index (χ2n) is 3.37. The molecule has 0 aromatic rings. The second-order valence-corrected chi connectivity index (χ2v) is 3.37. The average molecular weight is 153 g/mol. The van der Waals surface area contributed by atoms with Gasteiger partial charge in [0.05, 0.1) is 5.71 Å². The molecule has 0 bridgehead atoms. The van der Waals surface area contributed by atoms with Crippen molar-refractivity contribution in [3.63, 3.8) is 0 Å². The van der Waals surface area contributed by atoms with E-state index >= 15 is 0 Å². The van der Waals surface area contributed by atoms with Crippen LogP contribution in [-0.2, 0) is 4.84 Å². The fourth-order valence-corrected chi connectivity index (χ4v) is 1.06. The van der Waals surface area contributed by atoms with E-state index in [4.69, 9.17) is 4.84 Å². The van der Waals surface area contributed by atoms with Gasteiger partial charge in [0.15, 0.2) is 0 Å². The van der Waals surface area contributed by atoms with Gasteiger partial charge in [-0.1, -0.05) is 19.0 Å². The predicted molar refractivity (Wildman–Crippen MR) is 46.3 cm³/mol. The van der Waals surface area contributed by atoms with E-state index in [1.165, 1.54) is 0 Å². The summed E-state index contributed by atoms with van der Waals surface area (Å²) >= 11 is 0. The highest BCUT2D eigenvalue weighted by Gasteiger charge is 2.06. The third kappa shape index (κ3) is 2.74. The van der Waals surface area contributed by atoms with Gasteiger partial charge < -0.3 is 4.84 Å². The molecule has 1 aliphatic rings. The summed E-state index contributed by atoms with van der Waals surface area (Å²) in [6.07, 6.45) is 4.08. The molecule has 2 heteroatoms. The number of oxime groups is 1. The minimum absolute atomic E-state index is 0.671. The van der Waals surface area contributed by atoms with E-state index in [-0.39, 0.29) is 0 Å². The Labute approximate surface area is 67.9 Å². The van der Waals surface area contributed by atoms with E-state index in [0.717, 1.165) is 24.3 Å². The molecule has 62 valence electrons. The molecule has 11 heavy (non-hydrogen) atoms. The zero-order chi connectivity index (χ0) is 8.27. The van der Waals surface area contributed by atoms with Gasteiger partial charge in [-0.15, -0.1) is 0 Å². The normalized spacial score (nSPS) is 17.5. The molecule has 0 spiro atoms. The highest BCUT2D eigenvalue weighted by Crippen LogP contribution is 2.12. The Morgan fingerprint density at radius 1 is 1.64 bits per heavy atom.